The van der Waals surface area contributed by atoms with Crippen LogP contribution in [0.5, 0.6) is 5.75 Å². The van der Waals surface area contributed by atoms with Crippen molar-refractivity contribution in [3.63, 3.8) is 0 Å². The van der Waals surface area contributed by atoms with Gasteiger partial charge in [0.1, 0.15) is 5.69 Å². The summed E-state index contributed by atoms with van der Waals surface area (Å²) >= 11 is 0. The molecule has 8 nitrogen and oxygen atoms in total. The lowest BCUT2D eigenvalue weighted by atomic mass is 10.0. The molecule has 2 heterocycles. The van der Waals surface area contributed by atoms with Crippen molar-refractivity contribution in [1.82, 2.24) is 9.88 Å². The maximum absolute atomic E-state index is 16.0. The monoisotopic (exact) mass is 456 g/mol. The molecule has 33 heavy (non-hydrogen) atoms. The van der Waals surface area contributed by atoms with Crippen LogP contribution in [0.25, 0.3) is 10.9 Å². The molecule has 4 N–H and O–H groups in total. The van der Waals surface area contributed by atoms with Crippen LogP contribution in [0.3, 0.4) is 0 Å². The third-order valence-corrected chi connectivity index (χ3v) is 6.16. The van der Waals surface area contributed by atoms with E-state index in [0.29, 0.717) is 32.5 Å². The number of benzene rings is 2. The van der Waals surface area contributed by atoms with Gasteiger partial charge in [0.2, 0.25) is 5.43 Å². The minimum absolute atomic E-state index is 0.135. The van der Waals surface area contributed by atoms with Crippen LogP contribution in [0.4, 0.5) is 25.0 Å². The van der Waals surface area contributed by atoms with Gasteiger partial charge >= 0.3 is 6.16 Å². The molecule has 0 amide bonds. The Morgan fingerprint density at radius 1 is 1.18 bits per heavy atom. The zero-order chi connectivity index (χ0) is 23.3. The molecule has 1 aromatic heterocycles. The summed E-state index contributed by atoms with van der Waals surface area (Å²) in [7, 11) is 0. The van der Waals surface area contributed by atoms with E-state index in [2.05, 4.69) is 10.1 Å². The molecule has 1 unspecified atom stereocenters. The summed E-state index contributed by atoms with van der Waals surface area (Å²) in [5.74, 6) is -2.47. The average Bonchev–Trinajstić information content (AvgIpc) is 3.65. The van der Waals surface area contributed by atoms with Crippen LogP contribution >= 0.6 is 0 Å². The molecule has 3 aromatic rings. The second-order valence-electron chi connectivity index (χ2n) is 8.31. The fourth-order valence-electron chi connectivity index (χ4n) is 4.47. The summed E-state index contributed by atoms with van der Waals surface area (Å²) in [5, 5.41) is 11.9. The Morgan fingerprint density at radius 3 is 2.58 bits per heavy atom. The van der Waals surface area contributed by atoms with E-state index in [1.807, 2.05) is 30.3 Å². The standard InChI is InChI=1S/C23H22F2N4O4/c24-17-19(26)16-20(29(13-6-7-13)11-15(22(16)30)33-23(31)32)18(25)21(17)28-9-8-27-14(10-28)12-4-2-1-3-5-12/h1-5,11,13-14,27H,6-10,26H2,(H,31,32). The number of nitrogens with two attached hydrogens (primary N) is 1. The summed E-state index contributed by atoms with van der Waals surface area (Å²) in [6.07, 6.45) is 0.892. The number of piperazine rings is 1. The predicted molar refractivity (Wildman–Crippen MR) is 119 cm³/mol. The maximum Gasteiger partial charge on any atom is 0.511 e. The Morgan fingerprint density at radius 2 is 1.91 bits per heavy atom. The van der Waals surface area contributed by atoms with E-state index in [-0.39, 0.29) is 23.3 Å². The number of nitrogens with zero attached hydrogens (tertiary/aromatic N) is 2. The van der Waals surface area contributed by atoms with Gasteiger partial charge in [-0.1, -0.05) is 30.3 Å². The van der Waals surface area contributed by atoms with E-state index < -0.39 is 40.0 Å². The molecule has 1 atom stereocenters. The van der Waals surface area contributed by atoms with E-state index in [4.69, 9.17) is 10.8 Å². The number of anilines is 2. The summed E-state index contributed by atoms with van der Waals surface area (Å²) < 4.78 is 37.5. The van der Waals surface area contributed by atoms with Crippen LogP contribution in [0.15, 0.2) is 41.3 Å². The summed E-state index contributed by atoms with van der Waals surface area (Å²) in [6.45, 7) is 1.14. The molecule has 1 aliphatic carbocycles. The number of fused-ring (bicyclic) bond motifs is 1. The van der Waals surface area contributed by atoms with Crippen molar-refractivity contribution in [2.24, 2.45) is 0 Å². The van der Waals surface area contributed by atoms with Crippen molar-refractivity contribution in [1.29, 1.82) is 0 Å². The van der Waals surface area contributed by atoms with E-state index in [1.54, 1.807) is 4.90 Å². The van der Waals surface area contributed by atoms with Gasteiger partial charge in [-0.2, -0.15) is 0 Å². The van der Waals surface area contributed by atoms with Crippen molar-refractivity contribution in [2.75, 3.05) is 30.3 Å². The lowest BCUT2D eigenvalue weighted by molar-refractivity contribution is 0.143. The molecule has 2 aliphatic rings. The molecule has 1 aliphatic heterocycles. The van der Waals surface area contributed by atoms with Crippen LogP contribution in [0.2, 0.25) is 0 Å². The molecule has 0 spiro atoms. The number of carbonyl (C=O) groups is 1. The molecule has 2 aromatic carbocycles. The third kappa shape index (κ3) is 3.66. The number of carboxylic acid groups (broad SMARTS) is 1. The molecule has 172 valence electrons. The molecule has 0 radical (unpaired) electrons. The van der Waals surface area contributed by atoms with E-state index in [1.165, 1.54) is 10.8 Å². The van der Waals surface area contributed by atoms with Gasteiger partial charge in [-0.3, -0.25) is 4.79 Å². The Bertz CT molecular complexity index is 1310. The largest absolute Gasteiger partial charge is 0.511 e. The number of hydrogen-bond acceptors (Lipinski definition) is 6. The number of pyridine rings is 1. The Hall–Kier alpha value is -3.66. The second-order valence-corrected chi connectivity index (χ2v) is 8.31. The van der Waals surface area contributed by atoms with Crippen LogP contribution in [0.1, 0.15) is 30.5 Å². The van der Waals surface area contributed by atoms with Crippen LogP contribution in [-0.2, 0) is 0 Å². The molecule has 1 saturated heterocycles. The highest BCUT2D eigenvalue weighted by molar-refractivity contribution is 5.96. The predicted octanol–water partition coefficient (Wildman–Crippen LogP) is 3.40. The second kappa shape index (κ2) is 8.04. The fourth-order valence-corrected chi connectivity index (χ4v) is 4.47. The first-order valence-electron chi connectivity index (χ1n) is 10.7. The zero-order valence-corrected chi connectivity index (χ0v) is 17.6. The number of ether oxygens (including phenoxy) is 1. The van der Waals surface area contributed by atoms with Crippen molar-refractivity contribution >= 4 is 28.4 Å². The first-order valence-corrected chi connectivity index (χ1v) is 10.7. The number of hydrogen-bond donors (Lipinski definition) is 3. The molecule has 1 saturated carbocycles. The molecule has 0 bridgehead atoms. The van der Waals surface area contributed by atoms with E-state index in [0.717, 1.165) is 5.56 Å². The van der Waals surface area contributed by atoms with Gasteiger partial charge in [0.15, 0.2) is 17.4 Å². The lowest BCUT2D eigenvalue weighted by Crippen LogP contribution is -2.46. The van der Waals surface area contributed by atoms with Gasteiger partial charge in [-0.25, -0.2) is 13.6 Å². The summed E-state index contributed by atoms with van der Waals surface area (Å²) in [6, 6.07) is 9.28. The molecular formula is C23H22F2N4O4. The van der Waals surface area contributed by atoms with Crippen LogP contribution < -0.4 is 26.1 Å². The molecule has 5 rings (SSSR count). The Balaban J connectivity index is 1.67. The van der Waals surface area contributed by atoms with Crippen molar-refractivity contribution in [3.05, 3.63) is 63.9 Å². The normalized spacial score (nSPS) is 18.5. The molecule has 2 fully saturated rings. The quantitative estimate of drug-likeness (QED) is 0.408. The summed E-state index contributed by atoms with van der Waals surface area (Å²) in [5.41, 5.74) is 5.11. The van der Waals surface area contributed by atoms with Crippen molar-refractivity contribution < 1.29 is 23.4 Å². The highest BCUT2D eigenvalue weighted by atomic mass is 19.1. The topological polar surface area (TPSA) is 110 Å². The van der Waals surface area contributed by atoms with Crippen molar-refractivity contribution in [2.45, 2.75) is 24.9 Å². The molecular weight excluding hydrogens is 434 g/mol. The van der Waals surface area contributed by atoms with Gasteiger partial charge in [-0.05, 0) is 18.4 Å². The highest BCUT2D eigenvalue weighted by Crippen LogP contribution is 2.42. The van der Waals surface area contributed by atoms with Gasteiger partial charge in [-0.15, -0.1) is 0 Å². The number of halogens is 2. The van der Waals surface area contributed by atoms with Gasteiger partial charge in [0, 0.05) is 31.7 Å². The smallest absolute Gasteiger partial charge is 0.449 e. The first kappa shape index (κ1) is 21.2. The maximum atomic E-state index is 16.0. The van der Waals surface area contributed by atoms with Gasteiger partial charge in [0.05, 0.1) is 22.8 Å². The lowest BCUT2D eigenvalue weighted by Gasteiger charge is -2.36. The number of nitrogens with one attached hydrogen (secondary N) is 1. The number of rotatable bonds is 4. The average molecular weight is 456 g/mol. The Kier molecular flexibility index (Phi) is 5.16. The highest BCUT2D eigenvalue weighted by Gasteiger charge is 2.34. The van der Waals surface area contributed by atoms with Crippen LogP contribution in [0, 0.1) is 11.6 Å². The van der Waals surface area contributed by atoms with Crippen molar-refractivity contribution in [3.8, 4) is 5.75 Å². The first-order chi connectivity index (χ1) is 15.9. The zero-order valence-electron chi connectivity index (χ0n) is 17.6. The SMILES string of the molecule is Nc1c(F)c(N2CCNC(c3ccccc3)C2)c(F)c2c1c(=O)c(OC(=O)O)cn2C1CC1. The van der Waals surface area contributed by atoms with Crippen LogP contribution in [-0.4, -0.2) is 35.5 Å². The van der Waals surface area contributed by atoms with Gasteiger partial charge < -0.3 is 30.4 Å². The van der Waals surface area contributed by atoms with E-state index in [9.17, 15) is 9.59 Å². The van der Waals surface area contributed by atoms with Gasteiger partial charge in [0.25, 0.3) is 0 Å². The molecule has 10 heteroatoms. The fraction of sp³-hybridized carbons (Fsp3) is 0.304. The minimum Gasteiger partial charge on any atom is -0.449 e. The minimum atomic E-state index is -1.70. The van der Waals surface area contributed by atoms with E-state index >= 15 is 8.78 Å². The number of nitrogen functional groups attached to an aromatic ring is 1. The third-order valence-electron chi connectivity index (χ3n) is 6.16. The Labute approximate surface area is 187 Å². The number of aromatic nitrogens is 1. The summed E-state index contributed by atoms with van der Waals surface area (Å²) in [4.78, 5) is 25.5.